The van der Waals surface area contributed by atoms with Crippen molar-refractivity contribution in [2.24, 2.45) is 11.8 Å². The van der Waals surface area contributed by atoms with Crippen molar-refractivity contribution in [3.05, 3.63) is 72.0 Å². The summed E-state index contributed by atoms with van der Waals surface area (Å²) in [6.45, 7) is 1.16. The molecule has 2 amide bonds. The molecule has 9 heteroatoms. The molecule has 0 saturated carbocycles. The molecule has 1 fully saturated rings. The molecule has 1 aliphatic rings. The summed E-state index contributed by atoms with van der Waals surface area (Å²) in [5.74, 6) is 1.76. The number of carbonyl (C=O) groups is 4. The number of para-hydroxylation sites is 1. The van der Waals surface area contributed by atoms with Gasteiger partial charge in [0, 0.05) is 12.3 Å². The van der Waals surface area contributed by atoms with Crippen molar-refractivity contribution in [1.29, 1.82) is 0 Å². The summed E-state index contributed by atoms with van der Waals surface area (Å²) in [5.41, 5.74) is 1.31. The fourth-order valence-corrected chi connectivity index (χ4v) is 3.66. The van der Waals surface area contributed by atoms with E-state index in [1.54, 1.807) is 48.5 Å². The van der Waals surface area contributed by atoms with Crippen LogP contribution >= 0.6 is 0 Å². The first-order valence-corrected chi connectivity index (χ1v) is 9.97. The van der Waals surface area contributed by atoms with Crippen molar-refractivity contribution in [3.63, 3.8) is 0 Å². The van der Waals surface area contributed by atoms with Crippen molar-refractivity contribution in [1.82, 2.24) is 10.3 Å². The van der Waals surface area contributed by atoms with Crippen LogP contribution in [-0.4, -0.2) is 40.8 Å². The Hall–Kier alpha value is -3.98. The molecule has 4 rings (SSSR count). The van der Waals surface area contributed by atoms with E-state index in [-0.39, 0.29) is 12.2 Å². The fourth-order valence-electron chi connectivity index (χ4n) is 3.66. The predicted molar refractivity (Wildman–Crippen MR) is 113 cm³/mol. The molecule has 0 spiro atoms. The topological polar surface area (TPSA) is 132 Å². The molecule has 3 aromatic rings. The normalized spacial score (nSPS) is 18.7. The number of hydrogen-bond donors (Lipinski definition) is 2. The third-order valence-corrected chi connectivity index (χ3v) is 5.25. The number of esters is 1. The number of amides is 2. The number of ether oxygens (including phenoxy) is 1. The third-order valence-electron chi connectivity index (χ3n) is 5.25. The summed E-state index contributed by atoms with van der Waals surface area (Å²) < 4.78 is 10.6. The summed E-state index contributed by atoms with van der Waals surface area (Å²) in [7, 11) is 0. The van der Waals surface area contributed by atoms with Gasteiger partial charge in [0.1, 0.15) is 5.58 Å². The average molecular weight is 435 g/mol. The molecule has 9 nitrogen and oxygen atoms in total. The molecule has 1 aliphatic heterocycles. The number of furan rings is 1. The van der Waals surface area contributed by atoms with E-state index >= 15 is 0 Å². The first-order chi connectivity index (χ1) is 15.3. The summed E-state index contributed by atoms with van der Waals surface area (Å²) in [5, 5.41) is 4.11. The van der Waals surface area contributed by atoms with Crippen LogP contribution in [0.4, 0.5) is 0 Å². The number of carbonyl (C=O) groups excluding carboxylic acids is 4. The number of fused-ring (bicyclic) bond motifs is 1. The van der Waals surface area contributed by atoms with E-state index in [4.69, 9.17) is 15.0 Å². The van der Waals surface area contributed by atoms with Crippen LogP contribution in [0.2, 0.25) is 0 Å². The van der Waals surface area contributed by atoms with E-state index in [0.717, 1.165) is 17.9 Å². The Morgan fingerprint density at radius 1 is 1.12 bits per heavy atom. The number of rotatable bonds is 7. The Balaban J connectivity index is 1.59. The lowest BCUT2D eigenvalue weighted by molar-refractivity contribution is -0.198. The van der Waals surface area contributed by atoms with Crippen LogP contribution in [-0.2, 0) is 25.5 Å². The second-order valence-corrected chi connectivity index (χ2v) is 7.49. The zero-order valence-electron chi connectivity index (χ0n) is 17.2. The molecule has 0 radical (unpaired) electrons. The van der Waals surface area contributed by atoms with E-state index in [2.05, 4.69) is 5.32 Å². The van der Waals surface area contributed by atoms with Crippen LogP contribution in [0.1, 0.15) is 23.0 Å². The summed E-state index contributed by atoms with van der Waals surface area (Å²) in [6.07, 6.45) is -1.08. The van der Waals surface area contributed by atoms with Gasteiger partial charge in [-0.3, -0.25) is 19.2 Å². The number of hydrazine groups is 1. The van der Waals surface area contributed by atoms with Gasteiger partial charge in [-0.05, 0) is 24.1 Å². The highest BCUT2D eigenvalue weighted by Crippen LogP contribution is 2.28. The molecule has 2 heterocycles. The fraction of sp³-hybridized carbons (Fsp3) is 0.217. The van der Waals surface area contributed by atoms with E-state index in [0.29, 0.717) is 10.6 Å². The van der Waals surface area contributed by atoms with Gasteiger partial charge in [0.15, 0.2) is 17.5 Å². The highest BCUT2D eigenvalue weighted by molar-refractivity contribution is 6.10. The molecule has 0 bridgehead atoms. The summed E-state index contributed by atoms with van der Waals surface area (Å²) in [6, 6.07) is 16.7. The van der Waals surface area contributed by atoms with Crippen LogP contribution < -0.4 is 11.2 Å². The number of ketones is 1. The quantitative estimate of drug-likeness (QED) is 0.189. The van der Waals surface area contributed by atoms with Gasteiger partial charge in [0.25, 0.3) is 11.8 Å². The maximum absolute atomic E-state index is 13.3. The minimum atomic E-state index is -1.30. The van der Waals surface area contributed by atoms with E-state index < -0.39 is 41.8 Å². The Bertz CT molecular complexity index is 1160. The maximum Gasteiger partial charge on any atom is 0.304 e. The summed E-state index contributed by atoms with van der Waals surface area (Å²) in [4.78, 5) is 49.8. The number of nitrogens with two attached hydrogens (primary N) is 1. The molecular formula is C23H21N3O6. The number of Topliss-reactive ketones (excluding diaryl/α,β-unsaturated/α-hetero) is 1. The Morgan fingerprint density at radius 3 is 2.50 bits per heavy atom. The molecular weight excluding hydrogens is 414 g/mol. The average Bonchev–Trinajstić information content (AvgIpc) is 3.23. The van der Waals surface area contributed by atoms with Crippen molar-refractivity contribution < 1.29 is 28.3 Å². The Morgan fingerprint density at radius 2 is 1.81 bits per heavy atom. The van der Waals surface area contributed by atoms with Gasteiger partial charge in [-0.2, -0.15) is 0 Å². The van der Waals surface area contributed by atoms with Gasteiger partial charge in [0.2, 0.25) is 6.23 Å². The van der Waals surface area contributed by atoms with Crippen LogP contribution in [0.25, 0.3) is 11.0 Å². The Labute approximate surface area is 183 Å². The van der Waals surface area contributed by atoms with E-state index in [1.807, 2.05) is 12.1 Å². The molecule has 3 atom stereocenters. The number of β-lactam (4-membered cyclic amide) rings is 1. The smallest absolute Gasteiger partial charge is 0.304 e. The van der Waals surface area contributed by atoms with Gasteiger partial charge in [-0.25, -0.2) is 10.9 Å². The van der Waals surface area contributed by atoms with E-state index in [9.17, 15) is 19.2 Å². The predicted octanol–water partition coefficient (Wildman–Crippen LogP) is 1.56. The second kappa shape index (κ2) is 8.64. The molecule has 164 valence electrons. The number of hydrogen-bond acceptors (Lipinski definition) is 7. The minimum Gasteiger partial charge on any atom is -0.451 e. The van der Waals surface area contributed by atoms with Crippen molar-refractivity contribution in [2.75, 3.05) is 0 Å². The van der Waals surface area contributed by atoms with Crippen LogP contribution in [0, 0.1) is 5.92 Å². The van der Waals surface area contributed by atoms with Gasteiger partial charge in [0.05, 0.1) is 6.04 Å². The number of nitrogens with zero attached hydrogens (tertiary/aromatic N) is 1. The Kier molecular flexibility index (Phi) is 5.74. The monoisotopic (exact) mass is 435 g/mol. The summed E-state index contributed by atoms with van der Waals surface area (Å²) >= 11 is 0. The van der Waals surface area contributed by atoms with Gasteiger partial charge in [-0.15, -0.1) is 0 Å². The zero-order valence-corrected chi connectivity index (χ0v) is 17.2. The van der Waals surface area contributed by atoms with Crippen LogP contribution in [0.5, 0.6) is 0 Å². The SMILES string of the molecule is CC(=O)O[C@H]1[C@@H](C(=O)[C@H](Cc2ccccc2)NC(=O)c2cc3ccccc3o2)C(=O)N1N. The minimum absolute atomic E-state index is 0.0361. The second-order valence-electron chi connectivity index (χ2n) is 7.49. The van der Waals surface area contributed by atoms with E-state index in [1.165, 1.54) is 0 Å². The zero-order chi connectivity index (χ0) is 22.8. The number of benzene rings is 2. The third kappa shape index (κ3) is 4.10. The van der Waals surface area contributed by atoms with Crippen molar-refractivity contribution in [2.45, 2.75) is 25.6 Å². The standard InChI is InChI=1S/C23H21N3O6/c1-13(27)31-23-19(22(30)26(23)24)20(28)16(11-14-7-3-2-4-8-14)25-21(29)18-12-15-9-5-6-10-17(15)32-18/h2-10,12,16,19,23H,11,24H2,1H3,(H,25,29)/t16-,19-,23-/m0/s1. The van der Waals surface area contributed by atoms with Crippen LogP contribution in [0.15, 0.2) is 65.1 Å². The molecule has 0 aliphatic carbocycles. The van der Waals surface area contributed by atoms with Crippen molar-refractivity contribution in [3.8, 4) is 0 Å². The lowest BCUT2D eigenvalue weighted by Crippen LogP contribution is -2.70. The molecule has 1 saturated heterocycles. The molecule has 0 unspecified atom stereocenters. The lowest BCUT2D eigenvalue weighted by Gasteiger charge is -2.42. The molecule has 2 aromatic carbocycles. The first-order valence-electron chi connectivity index (χ1n) is 9.97. The highest BCUT2D eigenvalue weighted by Gasteiger charge is 2.54. The molecule has 1 aromatic heterocycles. The van der Waals surface area contributed by atoms with Crippen LogP contribution in [0.3, 0.4) is 0 Å². The number of nitrogens with one attached hydrogen (secondary N) is 1. The highest BCUT2D eigenvalue weighted by atomic mass is 16.6. The maximum atomic E-state index is 13.3. The van der Waals surface area contributed by atoms with Gasteiger partial charge in [-0.1, -0.05) is 48.5 Å². The lowest BCUT2D eigenvalue weighted by atomic mass is 9.86. The molecule has 3 N–H and O–H groups in total. The van der Waals surface area contributed by atoms with Gasteiger partial charge >= 0.3 is 5.97 Å². The largest absolute Gasteiger partial charge is 0.451 e. The van der Waals surface area contributed by atoms with Gasteiger partial charge < -0.3 is 14.5 Å². The first kappa shape index (κ1) is 21.3. The van der Waals surface area contributed by atoms with Crippen molar-refractivity contribution >= 4 is 34.5 Å². The molecule has 32 heavy (non-hydrogen) atoms.